The lowest BCUT2D eigenvalue weighted by molar-refractivity contribution is 0.0735. The number of sulfone groups is 1. The standard InChI is InChI=1S/C20H21F2NO4S/c1-2-27-16-9-5-14(6-10-16)18-4-3-13-23(18)19(24)15-7-11-17(12-8-15)28(25,26)20(21)22/h5-12,18,20H,2-4,13H2,1H3. The summed E-state index contributed by atoms with van der Waals surface area (Å²) in [5, 5.41) is 0. The maximum Gasteiger partial charge on any atom is 0.341 e. The number of likely N-dealkylation sites (tertiary alicyclic amines) is 1. The fourth-order valence-corrected chi connectivity index (χ4v) is 4.09. The number of amides is 1. The van der Waals surface area contributed by atoms with Gasteiger partial charge in [0.05, 0.1) is 17.5 Å². The van der Waals surface area contributed by atoms with Crippen LogP contribution in [0.1, 0.15) is 41.7 Å². The third kappa shape index (κ3) is 4.01. The molecular formula is C20H21F2NO4S. The van der Waals surface area contributed by atoms with Gasteiger partial charge in [-0.2, -0.15) is 8.78 Å². The number of hydrogen-bond acceptors (Lipinski definition) is 4. The molecule has 8 heteroatoms. The largest absolute Gasteiger partial charge is 0.494 e. The van der Waals surface area contributed by atoms with Crippen LogP contribution in [0.2, 0.25) is 0 Å². The molecule has 0 saturated carbocycles. The first-order chi connectivity index (χ1) is 13.3. The lowest BCUT2D eigenvalue weighted by Crippen LogP contribution is -2.30. The van der Waals surface area contributed by atoms with Crippen LogP contribution in [-0.2, 0) is 9.84 Å². The molecule has 1 heterocycles. The van der Waals surface area contributed by atoms with Gasteiger partial charge in [0.1, 0.15) is 5.75 Å². The minimum atomic E-state index is -4.67. The molecule has 2 aromatic carbocycles. The third-order valence-corrected chi connectivity index (χ3v) is 6.15. The lowest BCUT2D eigenvalue weighted by atomic mass is 10.0. The topological polar surface area (TPSA) is 63.7 Å². The van der Waals surface area contributed by atoms with Gasteiger partial charge in [-0.05, 0) is 61.7 Å². The minimum Gasteiger partial charge on any atom is -0.494 e. The van der Waals surface area contributed by atoms with Gasteiger partial charge in [-0.25, -0.2) is 8.42 Å². The van der Waals surface area contributed by atoms with Crippen molar-refractivity contribution < 1.29 is 26.7 Å². The third-order valence-electron chi connectivity index (χ3n) is 4.75. The van der Waals surface area contributed by atoms with Gasteiger partial charge >= 0.3 is 5.76 Å². The zero-order valence-electron chi connectivity index (χ0n) is 15.3. The molecule has 1 aliphatic rings. The Labute approximate surface area is 162 Å². The van der Waals surface area contributed by atoms with E-state index in [2.05, 4.69) is 0 Å². The van der Waals surface area contributed by atoms with Crippen LogP contribution in [0.15, 0.2) is 53.4 Å². The van der Waals surface area contributed by atoms with Crippen LogP contribution in [0.25, 0.3) is 0 Å². The monoisotopic (exact) mass is 409 g/mol. The second-order valence-electron chi connectivity index (χ2n) is 6.49. The predicted molar refractivity (Wildman–Crippen MR) is 100 cm³/mol. The molecule has 0 aliphatic carbocycles. The van der Waals surface area contributed by atoms with Crippen molar-refractivity contribution in [3.63, 3.8) is 0 Å². The van der Waals surface area contributed by atoms with E-state index in [1.165, 1.54) is 12.1 Å². The van der Waals surface area contributed by atoms with E-state index in [0.717, 1.165) is 36.3 Å². The van der Waals surface area contributed by atoms with Gasteiger partial charge in [0.25, 0.3) is 5.91 Å². The molecule has 5 nitrogen and oxygen atoms in total. The fourth-order valence-electron chi connectivity index (χ4n) is 3.37. The molecular weight excluding hydrogens is 388 g/mol. The van der Waals surface area contributed by atoms with Gasteiger partial charge in [-0.15, -0.1) is 0 Å². The summed E-state index contributed by atoms with van der Waals surface area (Å²) in [6.45, 7) is 3.06. The van der Waals surface area contributed by atoms with E-state index in [1.807, 2.05) is 31.2 Å². The van der Waals surface area contributed by atoms with Gasteiger partial charge in [0.2, 0.25) is 9.84 Å². The molecule has 0 radical (unpaired) electrons. The Morgan fingerprint density at radius 2 is 1.79 bits per heavy atom. The van der Waals surface area contributed by atoms with Crippen LogP contribution < -0.4 is 4.74 Å². The van der Waals surface area contributed by atoms with Crippen LogP contribution in [0, 0.1) is 0 Å². The highest BCUT2D eigenvalue weighted by molar-refractivity contribution is 7.91. The summed E-state index contributed by atoms with van der Waals surface area (Å²) in [6.07, 6.45) is 1.67. The number of hydrogen-bond donors (Lipinski definition) is 0. The van der Waals surface area contributed by atoms with Crippen LogP contribution in [0.3, 0.4) is 0 Å². The summed E-state index contributed by atoms with van der Waals surface area (Å²) in [6, 6.07) is 12.2. The maximum absolute atomic E-state index is 12.9. The molecule has 1 saturated heterocycles. The summed E-state index contributed by atoms with van der Waals surface area (Å²) < 4.78 is 53.8. The Morgan fingerprint density at radius 1 is 1.14 bits per heavy atom. The minimum absolute atomic E-state index is 0.0901. The molecule has 2 aromatic rings. The van der Waals surface area contributed by atoms with Gasteiger partial charge in [-0.1, -0.05) is 12.1 Å². The average molecular weight is 409 g/mol. The molecule has 150 valence electrons. The highest BCUT2D eigenvalue weighted by atomic mass is 32.2. The number of benzene rings is 2. The van der Waals surface area contributed by atoms with E-state index in [0.29, 0.717) is 13.2 Å². The van der Waals surface area contributed by atoms with E-state index in [4.69, 9.17) is 4.74 Å². The Bertz CT molecular complexity index is 928. The Hall–Kier alpha value is -2.48. The van der Waals surface area contributed by atoms with Crippen molar-refractivity contribution >= 4 is 15.7 Å². The molecule has 28 heavy (non-hydrogen) atoms. The van der Waals surface area contributed by atoms with Crippen LogP contribution >= 0.6 is 0 Å². The number of nitrogens with zero attached hydrogens (tertiary/aromatic N) is 1. The summed E-state index contributed by atoms with van der Waals surface area (Å²) in [7, 11) is -4.67. The SMILES string of the molecule is CCOc1ccc(C2CCCN2C(=O)c2ccc(S(=O)(=O)C(F)F)cc2)cc1. The van der Waals surface area contributed by atoms with Crippen molar-refractivity contribution in [2.75, 3.05) is 13.2 Å². The van der Waals surface area contributed by atoms with E-state index in [-0.39, 0.29) is 17.5 Å². The van der Waals surface area contributed by atoms with Crippen molar-refractivity contribution in [2.45, 2.75) is 36.5 Å². The smallest absolute Gasteiger partial charge is 0.341 e. The molecule has 3 rings (SSSR count). The first kappa shape index (κ1) is 20.3. The van der Waals surface area contributed by atoms with Gasteiger partial charge in [-0.3, -0.25) is 4.79 Å². The first-order valence-corrected chi connectivity index (χ1v) is 10.5. The molecule has 1 amide bonds. The second kappa shape index (κ2) is 8.26. The Balaban J connectivity index is 1.79. The molecule has 0 spiro atoms. The molecule has 1 fully saturated rings. The van der Waals surface area contributed by atoms with E-state index >= 15 is 0 Å². The van der Waals surface area contributed by atoms with Gasteiger partial charge in [0, 0.05) is 12.1 Å². The van der Waals surface area contributed by atoms with E-state index in [1.54, 1.807) is 4.90 Å². The van der Waals surface area contributed by atoms with Crippen molar-refractivity contribution in [2.24, 2.45) is 0 Å². The molecule has 0 bridgehead atoms. The summed E-state index contributed by atoms with van der Waals surface area (Å²) in [4.78, 5) is 14.1. The number of halogens is 2. The number of ether oxygens (including phenoxy) is 1. The Kier molecular flexibility index (Phi) is 5.98. The van der Waals surface area contributed by atoms with Crippen LogP contribution in [-0.4, -0.2) is 38.1 Å². The van der Waals surface area contributed by atoms with E-state index in [9.17, 15) is 22.0 Å². The van der Waals surface area contributed by atoms with Gasteiger partial charge < -0.3 is 9.64 Å². The molecule has 1 aliphatic heterocycles. The highest BCUT2D eigenvalue weighted by Gasteiger charge is 2.31. The molecule has 1 unspecified atom stereocenters. The quantitative estimate of drug-likeness (QED) is 0.722. The average Bonchev–Trinajstić information content (AvgIpc) is 3.18. The zero-order valence-corrected chi connectivity index (χ0v) is 16.2. The fraction of sp³-hybridized carbons (Fsp3) is 0.350. The van der Waals surface area contributed by atoms with Gasteiger partial charge in [0.15, 0.2) is 0 Å². The summed E-state index contributed by atoms with van der Waals surface area (Å²) in [5.74, 6) is -2.98. The normalized spacial score (nSPS) is 17.1. The number of rotatable bonds is 6. The number of carbonyl (C=O) groups excluding carboxylic acids is 1. The van der Waals surface area contributed by atoms with Crippen molar-refractivity contribution in [1.82, 2.24) is 4.90 Å². The van der Waals surface area contributed by atoms with Crippen molar-refractivity contribution in [3.05, 3.63) is 59.7 Å². The molecule has 1 atom stereocenters. The molecule has 0 aromatic heterocycles. The highest BCUT2D eigenvalue weighted by Crippen LogP contribution is 2.34. The summed E-state index contributed by atoms with van der Waals surface area (Å²) >= 11 is 0. The predicted octanol–water partition coefficient (Wildman–Crippen LogP) is 4.06. The lowest BCUT2D eigenvalue weighted by Gasteiger charge is -2.25. The number of carbonyl (C=O) groups is 1. The van der Waals surface area contributed by atoms with Crippen LogP contribution in [0.5, 0.6) is 5.75 Å². The Morgan fingerprint density at radius 3 is 2.36 bits per heavy atom. The number of alkyl halides is 2. The van der Waals surface area contributed by atoms with Crippen LogP contribution in [0.4, 0.5) is 8.78 Å². The second-order valence-corrected chi connectivity index (χ2v) is 8.41. The first-order valence-electron chi connectivity index (χ1n) is 9.00. The van der Waals surface area contributed by atoms with E-state index < -0.39 is 20.5 Å². The zero-order chi connectivity index (χ0) is 20.3. The maximum atomic E-state index is 12.9. The van der Waals surface area contributed by atoms with Crippen molar-refractivity contribution in [1.29, 1.82) is 0 Å². The molecule has 0 N–H and O–H groups in total. The van der Waals surface area contributed by atoms with Crippen molar-refractivity contribution in [3.8, 4) is 5.75 Å². The summed E-state index contributed by atoms with van der Waals surface area (Å²) in [5.41, 5.74) is 1.26.